The van der Waals surface area contributed by atoms with E-state index in [1.54, 1.807) is 24.3 Å². The molecule has 0 heterocycles. The topological polar surface area (TPSA) is 37.3 Å². The van der Waals surface area contributed by atoms with Crippen molar-refractivity contribution in [3.05, 3.63) is 35.4 Å². The maximum absolute atomic E-state index is 10.7. The van der Waals surface area contributed by atoms with Gasteiger partial charge in [-0.25, -0.2) is 4.79 Å². The number of carboxylic acids is 1. The molecular formula is C15H16O2. The van der Waals surface area contributed by atoms with E-state index in [9.17, 15) is 4.79 Å². The van der Waals surface area contributed by atoms with Gasteiger partial charge in [0.1, 0.15) is 0 Å². The summed E-state index contributed by atoms with van der Waals surface area (Å²) < 4.78 is 0. The third-order valence-electron chi connectivity index (χ3n) is 3.16. The van der Waals surface area contributed by atoms with Crippen LogP contribution in [0, 0.1) is 17.8 Å². The van der Waals surface area contributed by atoms with Crippen LogP contribution in [0.1, 0.15) is 48.0 Å². The average molecular weight is 228 g/mol. The van der Waals surface area contributed by atoms with E-state index in [1.807, 2.05) is 0 Å². The Morgan fingerprint density at radius 3 is 2.35 bits per heavy atom. The monoisotopic (exact) mass is 228 g/mol. The van der Waals surface area contributed by atoms with Crippen LogP contribution in [0.15, 0.2) is 24.3 Å². The fourth-order valence-electron chi connectivity index (χ4n) is 2.13. The van der Waals surface area contributed by atoms with Crippen LogP contribution in [0.4, 0.5) is 0 Å². The molecule has 1 fully saturated rings. The number of carboxylic acid groups (broad SMARTS) is 1. The highest BCUT2D eigenvalue weighted by atomic mass is 16.4. The van der Waals surface area contributed by atoms with Gasteiger partial charge in [-0.05, 0) is 37.1 Å². The first-order valence-corrected chi connectivity index (χ1v) is 6.10. The maximum atomic E-state index is 10.7. The fourth-order valence-corrected chi connectivity index (χ4v) is 2.13. The predicted octanol–water partition coefficient (Wildman–Crippen LogP) is 3.32. The highest BCUT2D eigenvalue weighted by Gasteiger charge is 2.09. The van der Waals surface area contributed by atoms with E-state index >= 15 is 0 Å². The van der Waals surface area contributed by atoms with Gasteiger partial charge in [-0.2, -0.15) is 0 Å². The van der Waals surface area contributed by atoms with Crippen molar-refractivity contribution in [2.24, 2.45) is 5.92 Å². The van der Waals surface area contributed by atoms with E-state index < -0.39 is 5.97 Å². The summed E-state index contributed by atoms with van der Waals surface area (Å²) in [5.41, 5.74) is 1.22. The fraction of sp³-hybridized carbons (Fsp3) is 0.400. The molecule has 1 aromatic carbocycles. The molecule has 1 aromatic rings. The minimum absolute atomic E-state index is 0.313. The third kappa shape index (κ3) is 3.35. The molecule has 0 radical (unpaired) electrons. The van der Waals surface area contributed by atoms with Crippen molar-refractivity contribution in [1.82, 2.24) is 0 Å². The lowest BCUT2D eigenvalue weighted by Crippen LogP contribution is -2.03. The van der Waals surface area contributed by atoms with Crippen molar-refractivity contribution in [1.29, 1.82) is 0 Å². The molecule has 0 spiro atoms. The summed E-state index contributed by atoms with van der Waals surface area (Å²) >= 11 is 0. The largest absolute Gasteiger partial charge is 0.478 e. The van der Waals surface area contributed by atoms with E-state index in [-0.39, 0.29) is 0 Å². The lowest BCUT2D eigenvalue weighted by Gasteiger charge is -2.15. The standard InChI is InChI=1S/C15H16O2/c16-15(17)14-10-8-13(9-11-14)7-6-12-4-2-1-3-5-12/h8-12H,1-5H2,(H,16,17). The molecule has 1 saturated carbocycles. The number of carbonyl (C=O) groups is 1. The molecule has 0 aromatic heterocycles. The molecule has 0 atom stereocenters. The van der Waals surface area contributed by atoms with Crippen LogP contribution in [-0.2, 0) is 0 Å². The molecule has 0 amide bonds. The number of rotatable bonds is 1. The molecule has 0 aliphatic heterocycles. The Morgan fingerprint density at radius 1 is 1.12 bits per heavy atom. The van der Waals surface area contributed by atoms with Crippen molar-refractivity contribution in [2.45, 2.75) is 32.1 Å². The summed E-state index contributed by atoms with van der Waals surface area (Å²) in [6, 6.07) is 6.76. The molecule has 0 bridgehead atoms. The van der Waals surface area contributed by atoms with Gasteiger partial charge in [0.05, 0.1) is 5.56 Å². The van der Waals surface area contributed by atoms with E-state index in [4.69, 9.17) is 5.11 Å². The first kappa shape index (κ1) is 11.7. The van der Waals surface area contributed by atoms with Crippen molar-refractivity contribution in [3.8, 4) is 11.8 Å². The Hall–Kier alpha value is -1.75. The van der Waals surface area contributed by atoms with Crippen LogP contribution < -0.4 is 0 Å². The van der Waals surface area contributed by atoms with Gasteiger partial charge in [-0.1, -0.05) is 31.1 Å². The summed E-state index contributed by atoms with van der Waals surface area (Å²) in [7, 11) is 0. The molecule has 88 valence electrons. The Bertz CT molecular complexity index is 442. The summed E-state index contributed by atoms with van der Waals surface area (Å²) in [5, 5.41) is 8.77. The van der Waals surface area contributed by atoms with Crippen LogP contribution >= 0.6 is 0 Å². The SMILES string of the molecule is O=C(O)c1ccc(C#CC2CCCCC2)cc1. The average Bonchev–Trinajstić information content (AvgIpc) is 2.38. The molecule has 0 saturated heterocycles. The number of hydrogen-bond acceptors (Lipinski definition) is 1. The number of aromatic carboxylic acids is 1. The quantitative estimate of drug-likeness (QED) is 0.749. The van der Waals surface area contributed by atoms with Crippen molar-refractivity contribution < 1.29 is 9.90 Å². The minimum atomic E-state index is -0.892. The van der Waals surface area contributed by atoms with Gasteiger partial charge >= 0.3 is 5.97 Å². The normalized spacial score (nSPS) is 16.0. The zero-order valence-corrected chi connectivity index (χ0v) is 9.78. The Kier molecular flexibility index (Phi) is 3.82. The molecule has 1 aliphatic rings. The second kappa shape index (κ2) is 5.54. The first-order valence-electron chi connectivity index (χ1n) is 6.10. The summed E-state index contributed by atoms with van der Waals surface area (Å²) in [6.45, 7) is 0. The van der Waals surface area contributed by atoms with Gasteiger partial charge in [0.2, 0.25) is 0 Å². The molecule has 1 N–H and O–H groups in total. The first-order chi connectivity index (χ1) is 8.25. The summed E-state index contributed by atoms with van der Waals surface area (Å²) in [4.78, 5) is 10.7. The van der Waals surface area contributed by atoms with Gasteiger partial charge in [-0.15, -0.1) is 0 Å². The van der Waals surface area contributed by atoms with Gasteiger partial charge in [0.25, 0.3) is 0 Å². The van der Waals surface area contributed by atoms with Crippen LogP contribution in [0.5, 0.6) is 0 Å². The number of hydrogen-bond donors (Lipinski definition) is 1. The highest BCUT2D eigenvalue weighted by molar-refractivity contribution is 5.87. The summed E-state index contributed by atoms with van der Waals surface area (Å²) in [6.07, 6.45) is 6.33. The van der Waals surface area contributed by atoms with Crippen molar-refractivity contribution >= 4 is 5.97 Å². The molecule has 2 heteroatoms. The van der Waals surface area contributed by atoms with E-state index in [2.05, 4.69) is 11.8 Å². The second-order valence-corrected chi connectivity index (χ2v) is 4.49. The van der Waals surface area contributed by atoms with Crippen molar-refractivity contribution in [3.63, 3.8) is 0 Å². The minimum Gasteiger partial charge on any atom is -0.478 e. The van der Waals surface area contributed by atoms with E-state index in [0.29, 0.717) is 11.5 Å². The van der Waals surface area contributed by atoms with Crippen molar-refractivity contribution in [2.75, 3.05) is 0 Å². The van der Waals surface area contributed by atoms with Gasteiger partial charge in [0, 0.05) is 11.5 Å². The van der Waals surface area contributed by atoms with Crippen LogP contribution in [0.25, 0.3) is 0 Å². The molecule has 2 nitrogen and oxygen atoms in total. The Morgan fingerprint density at radius 2 is 1.76 bits per heavy atom. The highest BCUT2D eigenvalue weighted by Crippen LogP contribution is 2.22. The molecule has 2 rings (SSSR count). The number of benzene rings is 1. The molecular weight excluding hydrogens is 212 g/mol. The molecule has 0 unspecified atom stereocenters. The molecule has 17 heavy (non-hydrogen) atoms. The summed E-state index contributed by atoms with van der Waals surface area (Å²) in [5.74, 6) is 6.07. The zero-order valence-electron chi connectivity index (χ0n) is 9.78. The van der Waals surface area contributed by atoms with Gasteiger partial charge in [-0.3, -0.25) is 0 Å². The van der Waals surface area contributed by atoms with E-state index in [0.717, 1.165) is 5.56 Å². The smallest absolute Gasteiger partial charge is 0.335 e. The van der Waals surface area contributed by atoms with Gasteiger partial charge < -0.3 is 5.11 Å². The third-order valence-corrected chi connectivity index (χ3v) is 3.16. The van der Waals surface area contributed by atoms with Crippen LogP contribution in [0.3, 0.4) is 0 Å². The molecule has 1 aliphatic carbocycles. The van der Waals surface area contributed by atoms with E-state index in [1.165, 1.54) is 32.1 Å². The maximum Gasteiger partial charge on any atom is 0.335 e. The second-order valence-electron chi connectivity index (χ2n) is 4.49. The Balaban J connectivity index is 2.03. The Labute approximate surface area is 102 Å². The van der Waals surface area contributed by atoms with Crippen LogP contribution in [-0.4, -0.2) is 11.1 Å². The lowest BCUT2D eigenvalue weighted by molar-refractivity contribution is 0.0697. The lowest BCUT2D eigenvalue weighted by atomic mass is 9.89. The predicted molar refractivity (Wildman–Crippen MR) is 66.9 cm³/mol. The van der Waals surface area contributed by atoms with Crippen LogP contribution in [0.2, 0.25) is 0 Å². The zero-order chi connectivity index (χ0) is 12.1. The van der Waals surface area contributed by atoms with Gasteiger partial charge in [0.15, 0.2) is 0 Å².